The summed E-state index contributed by atoms with van der Waals surface area (Å²) in [6, 6.07) is 17.8. The fourth-order valence-electron chi connectivity index (χ4n) is 4.58. The van der Waals surface area contributed by atoms with E-state index in [1.54, 1.807) is 35.4 Å². The van der Waals surface area contributed by atoms with Gasteiger partial charge in [-0.3, -0.25) is 9.78 Å². The number of carbonyl (C=O) groups excluding carboxylic acids is 1. The van der Waals surface area contributed by atoms with Crippen LogP contribution in [-0.4, -0.2) is 48.4 Å². The van der Waals surface area contributed by atoms with Gasteiger partial charge < -0.3 is 18.8 Å². The number of furan rings is 1. The molecule has 5 rings (SSSR count). The molecule has 0 N–H and O–H groups in total. The molecule has 0 saturated heterocycles. The summed E-state index contributed by atoms with van der Waals surface area (Å²) in [5, 5.41) is 0.715. The summed E-state index contributed by atoms with van der Waals surface area (Å²) < 4.78 is 45.8. The van der Waals surface area contributed by atoms with E-state index in [0.717, 1.165) is 11.3 Å². The van der Waals surface area contributed by atoms with E-state index in [1.165, 1.54) is 4.31 Å². The normalized spacial score (nSPS) is 12.9. The number of aromatic nitrogens is 1. The van der Waals surface area contributed by atoms with Gasteiger partial charge in [-0.1, -0.05) is 38.1 Å². The first-order valence-corrected chi connectivity index (χ1v) is 14.2. The lowest BCUT2D eigenvalue weighted by Gasteiger charge is -2.28. The number of benzene rings is 2. The number of hydrogen-bond acceptors (Lipinski definition) is 7. The number of pyridine rings is 1. The molecule has 1 aliphatic rings. The minimum Gasteiger partial charge on any atom is -0.464 e. The summed E-state index contributed by atoms with van der Waals surface area (Å²) in [6.45, 7) is 6.10. The lowest BCUT2D eigenvalue weighted by Crippen LogP contribution is -2.43. The number of sulfonamides is 1. The van der Waals surface area contributed by atoms with Gasteiger partial charge in [0.1, 0.15) is 16.4 Å². The monoisotopic (exact) mass is 549 g/mol. The zero-order chi connectivity index (χ0) is 27.6. The van der Waals surface area contributed by atoms with Crippen molar-refractivity contribution in [3.05, 3.63) is 83.9 Å². The molecule has 204 valence electrons. The van der Waals surface area contributed by atoms with E-state index in [4.69, 9.17) is 13.9 Å². The molecule has 1 aliphatic heterocycles. The maximum Gasteiger partial charge on any atom is 0.245 e. The minimum atomic E-state index is -4.04. The van der Waals surface area contributed by atoms with Crippen LogP contribution in [-0.2, 0) is 27.9 Å². The third kappa shape index (κ3) is 5.91. The van der Waals surface area contributed by atoms with Gasteiger partial charge >= 0.3 is 0 Å². The summed E-state index contributed by atoms with van der Waals surface area (Å²) in [6.07, 6.45) is 1.57. The molecule has 2 aromatic carbocycles. The minimum absolute atomic E-state index is 0.00876. The number of aryl methyl sites for hydroxylation is 1. The summed E-state index contributed by atoms with van der Waals surface area (Å²) in [5.74, 6) is 2.24. The fraction of sp³-hybridized carbons (Fsp3) is 0.310. The smallest absolute Gasteiger partial charge is 0.245 e. The molecule has 0 unspecified atom stereocenters. The Morgan fingerprint density at radius 1 is 1.00 bits per heavy atom. The zero-order valence-electron chi connectivity index (χ0n) is 22.2. The second-order valence-corrected chi connectivity index (χ2v) is 11.9. The molecule has 0 saturated carbocycles. The number of rotatable bonds is 10. The van der Waals surface area contributed by atoms with Crippen LogP contribution in [0.15, 0.2) is 76.2 Å². The van der Waals surface area contributed by atoms with Crippen LogP contribution in [0.25, 0.3) is 10.9 Å². The molecule has 0 atom stereocenters. The molecule has 9 nitrogen and oxygen atoms in total. The summed E-state index contributed by atoms with van der Waals surface area (Å²) >= 11 is 0. The van der Waals surface area contributed by atoms with Crippen LogP contribution in [0.4, 0.5) is 0 Å². The molecular weight excluding hydrogens is 518 g/mol. The number of carbonyl (C=O) groups is 1. The van der Waals surface area contributed by atoms with Crippen LogP contribution in [0.3, 0.4) is 0 Å². The third-order valence-corrected chi connectivity index (χ3v) is 8.24. The van der Waals surface area contributed by atoms with Crippen molar-refractivity contribution < 1.29 is 27.1 Å². The largest absolute Gasteiger partial charge is 0.464 e. The third-order valence-electron chi connectivity index (χ3n) is 6.40. The second kappa shape index (κ2) is 11.1. The van der Waals surface area contributed by atoms with Gasteiger partial charge in [-0.15, -0.1) is 0 Å². The molecule has 0 bridgehead atoms. The summed E-state index contributed by atoms with van der Waals surface area (Å²) in [7, 11) is -4.04. The molecule has 0 spiro atoms. The van der Waals surface area contributed by atoms with Gasteiger partial charge in [0.15, 0.2) is 11.5 Å². The van der Waals surface area contributed by atoms with Crippen molar-refractivity contribution in [2.75, 3.05) is 19.9 Å². The lowest BCUT2D eigenvalue weighted by molar-refractivity contribution is -0.133. The Kier molecular flexibility index (Phi) is 7.58. The van der Waals surface area contributed by atoms with Gasteiger partial charge in [-0.05, 0) is 54.8 Å². The first-order chi connectivity index (χ1) is 18.7. The number of amides is 1. The molecule has 0 fully saturated rings. The molecule has 1 amide bonds. The average Bonchev–Trinajstić information content (AvgIpc) is 3.55. The van der Waals surface area contributed by atoms with E-state index in [1.807, 2.05) is 57.2 Å². The van der Waals surface area contributed by atoms with Crippen molar-refractivity contribution in [1.29, 1.82) is 0 Å². The molecular formula is C29H31N3O6S. The van der Waals surface area contributed by atoms with Crippen LogP contribution >= 0.6 is 0 Å². The average molecular weight is 550 g/mol. The van der Waals surface area contributed by atoms with Crippen molar-refractivity contribution in [3.63, 3.8) is 0 Å². The Morgan fingerprint density at radius 3 is 2.56 bits per heavy atom. The van der Waals surface area contributed by atoms with Crippen LogP contribution in [0, 0.1) is 12.8 Å². The maximum absolute atomic E-state index is 14.0. The van der Waals surface area contributed by atoms with Crippen molar-refractivity contribution in [2.45, 2.75) is 38.8 Å². The first-order valence-electron chi connectivity index (χ1n) is 12.8. The van der Waals surface area contributed by atoms with Gasteiger partial charge in [0.25, 0.3) is 0 Å². The highest BCUT2D eigenvalue weighted by Gasteiger charge is 2.31. The Labute approximate surface area is 228 Å². The van der Waals surface area contributed by atoms with Gasteiger partial charge in [0.2, 0.25) is 22.7 Å². The molecule has 0 radical (unpaired) electrons. The van der Waals surface area contributed by atoms with E-state index in [-0.39, 0.29) is 49.7 Å². The Morgan fingerprint density at radius 2 is 1.79 bits per heavy atom. The molecule has 3 heterocycles. The van der Waals surface area contributed by atoms with E-state index in [2.05, 4.69) is 4.98 Å². The topological polar surface area (TPSA) is 102 Å². The zero-order valence-corrected chi connectivity index (χ0v) is 23.0. The molecule has 10 heteroatoms. The molecule has 39 heavy (non-hydrogen) atoms. The molecule has 4 aromatic rings. The van der Waals surface area contributed by atoms with Gasteiger partial charge in [0.05, 0.1) is 18.6 Å². The highest BCUT2D eigenvalue weighted by atomic mass is 32.2. The maximum atomic E-state index is 14.0. The first kappa shape index (κ1) is 26.7. The number of para-hydroxylation sites is 1. The standard InChI is InChI=1S/C29H31N3O6S/c1-20(2)15-32(39(34,35)27-8-4-6-23-7-5-13-30-29(23)27)18-28(33)31(17-24-11-9-21(3)38-24)16-22-10-12-25-26(14-22)37-19-36-25/h4-14,20H,15-19H2,1-3H3. The molecule has 2 aromatic heterocycles. The SMILES string of the molecule is Cc1ccc(CN(Cc2ccc3c(c2)OCO3)C(=O)CN(CC(C)C)S(=O)(=O)c2cccc3cccnc23)o1. The number of hydrogen-bond donors (Lipinski definition) is 0. The Balaban J connectivity index is 1.45. The van der Waals surface area contributed by atoms with E-state index >= 15 is 0 Å². The summed E-state index contributed by atoms with van der Waals surface area (Å²) in [5.41, 5.74) is 1.21. The van der Waals surface area contributed by atoms with Gasteiger partial charge in [-0.25, -0.2) is 8.42 Å². The van der Waals surface area contributed by atoms with E-state index in [9.17, 15) is 13.2 Å². The van der Waals surface area contributed by atoms with Crippen molar-refractivity contribution in [2.24, 2.45) is 5.92 Å². The summed E-state index contributed by atoms with van der Waals surface area (Å²) in [4.78, 5) is 19.8. The Bertz CT molecular complexity index is 1590. The van der Waals surface area contributed by atoms with Gasteiger partial charge in [-0.2, -0.15) is 4.31 Å². The van der Waals surface area contributed by atoms with Crippen molar-refractivity contribution >= 4 is 26.8 Å². The van der Waals surface area contributed by atoms with Crippen molar-refractivity contribution in [3.8, 4) is 11.5 Å². The number of fused-ring (bicyclic) bond motifs is 2. The predicted octanol–water partition coefficient (Wildman–Crippen LogP) is 4.74. The van der Waals surface area contributed by atoms with Crippen LogP contribution in [0.1, 0.15) is 30.9 Å². The van der Waals surface area contributed by atoms with Crippen LogP contribution in [0.5, 0.6) is 11.5 Å². The second-order valence-electron chi connectivity index (χ2n) is 9.97. The highest BCUT2D eigenvalue weighted by Crippen LogP contribution is 2.33. The lowest BCUT2D eigenvalue weighted by atomic mass is 10.2. The van der Waals surface area contributed by atoms with Crippen LogP contribution < -0.4 is 9.47 Å². The van der Waals surface area contributed by atoms with E-state index < -0.39 is 10.0 Å². The fourth-order valence-corrected chi connectivity index (χ4v) is 6.30. The number of nitrogens with zero attached hydrogens (tertiary/aromatic N) is 3. The molecule has 0 aliphatic carbocycles. The highest BCUT2D eigenvalue weighted by molar-refractivity contribution is 7.89. The van der Waals surface area contributed by atoms with Gasteiger partial charge in [0, 0.05) is 24.7 Å². The van der Waals surface area contributed by atoms with Crippen LogP contribution in [0.2, 0.25) is 0 Å². The predicted molar refractivity (Wildman–Crippen MR) is 146 cm³/mol. The quantitative estimate of drug-likeness (QED) is 0.282. The number of ether oxygens (including phenoxy) is 2. The van der Waals surface area contributed by atoms with E-state index in [0.29, 0.717) is 28.2 Å². The Hall–Kier alpha value is -3.89. The van der Waals surface area contributed by atoms with Crippen molar-refractivity contribution in [1.82, 2.24) is 14.2 Å².